The van der Waals surface area contributed by atoms with Crippen LogP contribution in [0.3, 0.4) is 0 Å². The Bertz CT molecular complexity index is 170. The molecule has 23 heavy (non-hydrogen) atoms. The van der Waals surface area contributed by atoms with Gasteiger partial charge in [-0.2, -0.15) is 0 Å². The topological polar surface area (TPSA) is 86.6 Å². The highest BCUT2D eigenvalue weighted by molar-refractivity contribution is 4.37. The van der Waals surface area contributed by atoms with Crippen LogP contribution in [0.5, 0.6) is 0 Å². The van der Waals surface area contributed by atoms with Gasteiger partial charge in [-0.15, -0.1) is 0 Å². The molecule has 0 aliphatic rings. The van der Waals surface area contributed by atoms with Gasteiger partial charge >= 0.3 is 1.43 Å². The SMILES string of the molecule is COCCCCOCOCCCCOCOC.OCCCCO.[H+]. The lowest BCUT2D eigenvalue weighted by Gasteiger charge is -2.06. The average Bonchev–Trinajstić information content (AvgIpc) is 2.58. The van der Waals surface area contributed by atoms with Gasteiger partial charge in [-0.05, 0) is 38.5 Å². The summed E-state index contributed by atoms with van der Waals surface area (Å²) < 4.78 is 25.4. The van der Waals surface area contributed by atoms with Crippen molar-refractivity contribution in [3.05, 3.63) is 0 Å². The van der Waals surface area contributed by atoms with E-state index in [1.807, 2.05) is 0 Å². The highest BCUT2D eigenvalue weighted by atomic mass is 16.7. The Morgan fingerprint density at radius 3 is 1.39 bits per heavy atom. The summed E-state index contributed by atoms with van der Waals surface area (Å²) in [6, 6.07) is 0. The van der Waals surface area contributed by atoms with E-state index < -0.39 is 0 Å². The summed E-state index contributed by atoms with van der Waals surface area (Å²) in [5.74, 6) is 0. The minimum absolute atomic E-state index is 0. The lowest BCUT2D eigenvalue weighted by Crippen LogP contribution is -2.05. The molecular formula is C16H37O7+. The third-order valence-electron chi connectivity index (χ3n) is 2.65. The lowest BCUT2D eigenvalue weighted by molar-refractivity contribution is -0.0607. The molecule has 0 radical (unpaired) electrons. The van der Waals surface area contributed by atoms with E-state index in [0.717, 1.165) is 58.3 Å². The van der Waals surface area contributed by atoms with Gasteiger partial charge in [0.1, 0.15) is 13.6 Å². The number of ether oxygens (including phenoxy) is 5. The van der Waals surface area contributed by atoms with Gasteiger partial charge in [0.25, 0.3) is 0 Å². The van der Waals surface area contributed by atoms with Crippen LogP contribution in [0.2, 0.25) is 0 Å². The molecule has 0 aliphatic heterocycles. The molecule has 2 N–H and O–H groups in total. The van der Waals surface area contributed by atoms with Crippen LogP contribution in [-0.4, -0.2) is 77.7 Å². The molecule has 0 aliphatic carbocycles. The van der Waals surface area contributed by atoms with Crippen molar-refractivity contribution in [2.24, 2.45) is 0 Å². The maximum Gasteiger partial charge on any atom is 1.00 e. The molecule has 0 spiro atoms. The van der Waals surface area contributed by atoms with Gasteiger partial charge < -0.3 is 33.9 Å². The molecule has 0 saturated heterocycles. The second-order valence-corrected chi connectivity index (χ2v) is 4.81. The number of rotatable bonds is 17. The van der Waals surface area contributed by atoms with Crippen molar-refractivity contribution in [2.45, 2.75) is 38.5 Å². The van der Waals surface area contributed by atoms with E-state index >= 15 is 0 Å². The van der Waals surface area contributed by atoms with Crippen molar-refractivity contribution in [1.82, 2.24) is 0 Å². The standard InChI is InChI=1S/C12H26O5.C4H10O2/c1-13-7-3-4-9-16-12-17-10-6-5-8-15-11-14-2;5-3-1-2-4-6/h3-12H2,1-2H3;5-6H,1-4H2/p+1. The van der Waals surface area contributed by atoms with Crippen molar-refractivity contribution >= 4 is 0 Å². The van der Waals surface area contributed by atoms with E-state index in [1.165, 1.54) is 0 Å². The zero-order chi connectivity index (χ0) is 17.4. The van der Waals surface area contributed by atoms with E-state index in [-0.39, 0.29) is 14.6 Å². The number of aliphatic hydroxyl groups is 2. The molecule has 142 valence electrons. The summed E-state index contributed by atoms with van der Waals surface area (Å²) in [5, 5.41) is 16.2. The van der Waals surface area contributed by atoms with E-state index in [9.17, 15) is 0 Å². The fourth-order valence-corrected chi connectivity index (χ4v) is 1.40. The molecule has 0 atom stereocenters. The first-order valence-corrected chi connectivity index (χ1v) is 8.26. The van der Waals surface area contributed by atoms with Gasteiger partial charge in [-0.25, -0.2) is 0 Å². The predicted molar refractivity (Wildman–Crippen MR) is 89.5 cm³/mol. The van der Waals surface area contributed by atoms with Crippen molar-refractivity contribution in [1.29, 1.82) is 0 Å². The molecule has 0 unspecified atom stereocenters. The van der Waals surface area contributed by atoms with Crippen molar-refractivity contribution in [3.8, 4) is 0 Å². The maximum atomic E-state index is 8.09. The molecule has 0 amide bonds. The summed E-state index contributed by atoms with van der Waals surface area (Å²) in [4.78, 5) is 0. The van der Waals surface area contributed by atoms with Crippen molar-refractivity contribution < 1.29 is 35.3 Å². The number of hydrogen-bond donors (Lipinski definition) is 2. The normalized spacial score (nSPS) is 10.4. The highest BCUT2D eigenvalue weighted by Gasteiger charge is 1.92. The predicted octanol–water partition coefficient (Wildman–Crippen LogP) is 1.67. The van der Waals surface area contributed by atoms with Gasteiger partial charge in [0, 0.05) is 53.9 Å². The largest absolute Gasteiger partial charge is 1.00 e. The summed E-state index contributed by atoms with van der Waals surface area (Å²) >= 11 is 0. The van der Waals surface area contributed by atoms with Gasteiger partial charge in [-0.1, -0.05) is 0 Å². The molecule has 7 nitrogen and oxygen atoms in total. The third-order valence-corrected chi connectivity index (χ3v) is 2.65. The van der Waals surface area contributed by atoms with Crippen LogP contribution >= 0.6 is 0 Å². The van der Waals surface area contributed by atoms with Crippen LogP contribution in [0.15, 0.2) is 0 Å². The molecule has 0 aromatic rings. The summed E-state index contributed by atoms with van der Waals surface area (Å²) in [6.45, 7) is 4.11. The van der Waals surface area contributed by atoms with Gasteiger partial charge in [0.15, 0.2) is 0 Å². The fraction of sp³-hybridized carbons (Fsp3) is 1.00. The second-order valence-electron chi connectivity index (χ2n) is 4.81. The first kappa shape index (κ1) is 25.0. The molecule has 0 rings (SSSR count). The molecule has 0 saturated carbocycles. The van der Waals surface area contributed by atoms with E-state index in [1.54, 1.807) is 14.2 Å². The Morgan fingerprint density at radius 2 is 1.00 bits per heavy atom. The highest BCUT2D eigenvalue weighted by Crippen LogP contribution is 1.94. The molecule has 0 heterocycles. The van der Waals surface area contributed by atoms with E-state index in [0.29, 0.717) is 20.2 Å². The van der Waals surface area contributed by atoms with Crippen LogP contribution in [0.25, 0.3) is 0 Å². The molecule has 0 aromatic carbocycles. The smallest absolute Gasteiger partial charge is 0.396 e. The minimum Gasteiger partial charge on any atom is -0.396 e. The Labute approximate surface area is 142 Å². The number of aliphatic hydroxyl groups excluding tert-OH is 2. The van der Waals surface area contributed by atoms with Crippen LogP contribution in [0.4, 0.5) is 0 Å². The lowest BCUT2D eigenvalue weighted by atomic mass is 10.3. The van der Waals surface area contributed by atoms with Crippen molar-refractivity contribution in [2.75, 3.05) is 67.4 Å². The molecule has 0 fully saturated rings. The van der Waals surface area contributed by atoms with Gasteiger partial charge in [0.2, 0.25) is 0 Å². The van der Waals surface area contributed by atoms with Crippen LogP contribution < -0.4 is 0 Å². The van der Waals surface area contributed by atoms with Crippen LogP contribution in [-0.2, 0) is 23.7 Å². The number of hydrogen-bond acceptors (Lipinski definition) is 7. The molecule has 7 heteroatoms. The monoisotopic (exact) mass is 341 g/mol. The van der Waals surface area contributed by atoms with Crippen molar-refractivity contribution in [3.63, 3.8) is 0 Å². The van der Waals surface area contributed by atoms with Crippen LogP contribution in [0.1, 0.15) is 40.0 Å². The molecular weight excluding hydrogens is 304 g/mol. The Kier molecular flexibility index (Phi) is 28.9. The molecule has 0 bridgehead atoms. The van der Waals surface area contributed by atoms with Crippen LogP contribution in [0, 0.1) is 0 Å². The van der Waals surface area contributed by atoms with Gasteiger partial charge in [0.05, 0.1) is 0 Å². The summed E-state index contributed by atoms with van der Waals surface area (Å²) in [6.07, 6.45) is 5.45. The maximum absolute atomic E-state index is 8.09. The third kappa shape index (κ3) is 30.2. The zero-order valence-electron chi connectivity index (χ0n) is 15.8. The quantitative estimate of drug-likeness (QED) is 0.307. The number of methoxy groups -OCH3 is 2. The summed E-state index contributed by atoms with van der Waals surface area (Å²) in [5.41, 5.74) is 0. The fourth-order valence-electron chi connectivity index (χ4n) is 1.40. The summed E-state index contributed by atoms with van der Waals surface area (Å²) in [7, 11) is 3.33. The van der Waals surface area contributed by atoms with Gasteiger partial charge in [-0.3, -0.25) is 0 Å². The number of unbranched alkanes of at least 4 members (excludes halogenated alkanes) is 3. The van der Waals surface area contributed by atoms with E-state index in [4.69, 9.17) is 33.9 Å². The first-order chi connectivity index (χ1) is 11.3. The molecule has 0 aromatic heterocycles. The second kappa shape index (κ2) is 26.6. The zero-order valence-corrected chi connectivity index (χ0v) is 14.8. The Balaban J connectivity index is -0.000000538. The first-order valence-electron chi connectivity index (χ1n) is 8.26. The Morgan fingerprint density at radius 1 is 0.565 bits per heavy atom. The Hall–Kier alpha value is -0.280. The minimum atomic E-state index is 0. The van der Waals surface area contributed by atoms with E-state index in [2.05, 4.69) is 0 Å². The average molecular weight is 341 g/mol.